The molecule has 1 aliphatic heterocycles. The van der Waals surface area contributed by atoms with Gasteiger partial charge in [0.2, 0.25) is 11.8 Å². The van der Waals surface area contributed by atoms with E-state index in [2.05, 4.69) is 33.3 Å². The Labute approximate surface area is 136 Å². The molecule has 0 spiro atoms. The number of rotatable bonds is 8. The predicted molar refractivity (Wildman–Crippen MR) is 78.6 cm³/mol. The van der Waals surface area contributed by atoms with E-state index in [4.69, 9.17) is 5.11 Å². The Hall–Kier alpha value is -2.30. The van der Waals surface area contributed by atoms with Crippen LogP contribution in [0.3, 0.4) is 0 Å². The molecule has 2 atom stereocenters. The molecule has 10 nitrogen and oxygen atoms in total. The van der Waals surface area contributed by atoms with Crippen LogP contribution in [0, 0.1) is 0 Å². The predicted octanol–water partition coefficient (Wildman–Crippen LogP) is -2.58. The van der Waals surface area contributed by atoms with Crippen molar-refractivity contribution < 1.29 is 33.8 Å². The maximum absolute atomic E-state index is 11.8. The number of amides is 3. The summed E-state index contributed by atoms with van der Waals surface area (Å²) in [6, 6.07) is -1.91. The highest BCUT2D eigenvalue weighted by molar-refractivity contribution is 7.80. The number of carboxylic acids is 1. The first-order valence-corrected chi connectivity index (χ1v) is 7.32. The summed E-state index contributed by atoms with van der Waals surface area (Å²) in [5.74, 6) is -3.53. The fourth-order valence-electron chi connectivity index (χ4n) is 1.74. The Bertz CT molecular complexity index is 511. The van der Waals surface area contributed by atoms with E-state index in [0.717, 1.165) is 0 Å². The van der Waals surface area contributed by atoms with Gasteiger partial charge in [0.25, 0.3) is 5.91 Å². The Balaban J connectivity index is 2.41. The third-order valence-electron chi connectivity index (χ3n) is 2.87. The summed E-state index contributed by atoms with van der Waals surface area (Å²) in [6.45, 7) is -0.911. The van der Waals surface area contributed by atoms with Crippen LogP contribution < -0.4 is 16.0 Å². The van der Waals surface area contributed by atoms with Gasteiger partial charge in [0, 0.05) is 12.2 Å². The average molecular weight is 347 g/mol. The average Bonchev–Trinajstić information content (AvgIpc) is 2.51. The van der Waals surface area contributed by atoms with Crippen LogP contribution in [0.4, 0.5) is 0 Å². The number of ether oxygens (including phenoxy) is 1. The number of hydrogen-bond donors (Lipinski definition) is 5. The first-order valence-electron chi connectivity index (χ1n) is 6.69. The van der Waals surface area contributed by atoms with Gasteiger partial charge in [0.1, 0.15) is 18.6 Å². The van der Waals surface area contributed by atoms with Crippen molar-refractivity contribution in [2.24, 2.45) is 0 Å². The van der Waals surface area contributed by atoms with E-state index in [0.29, 0.717) is 0 Å². The second kappa shape index (κ2) is 8.98. The van der Waals surface area contributed by atoms with Crippen LogP contribution in [0.25, 0.3) is 0 Å². The summed E-state index contributed by atoms with van der Waals surface area (Å²) < 4.78 is 4.62. The van der Waals surface area contributed by atoms with Gasteiger partial charge < -0.3 is 25.8 Å². The van der Waals surface area contributed by atoms with Gasteiger partial charge in [0.15, 0.2) is 6.61 Å². The monoisotopic (exact) mass is 347 g/mol. The molecular formula is C12H17N3O7S. The Morgan fingerprint density at radius 3 is 2.70 bits per heavy atom. The quantitative estimate of drug-likeness (QED) is 0.239. The van der Waals surface area contributed by atoms with Crippen molar-refractivity contribution in [3.63, 3.8) is 0 Å². The van der Waals surface area contributed by atoms with Gasteiger partial charge in [-0.1, -0.05) is 0 Å². The second-order valence-electron chi connectivity index (χ2n) is 4.68. The van der Waals surface area contributed by atoms with Crippen LogP contribution in [0.2, 0.25) is 0 Å². The number of carbonyl (C=O) groups is 5. The number of carbonyl (C=O) groups excluding carboxylic acids is 4. The van der Waals surface area contributed by atoms with E-state index in [1.807, 2.05) is 0 Å². The minimum Gasteiger partial charge on any atom is -0.480 e. The summed E-state index contributed by atoms with van der Waals surface area (Å²) in [4.78, 5) is 56.3. The maximum Gasteiger partial charge on any atom is 0.329 e. The molecule has 0 aromatic rings. The molecule has 1 aliphatic rings. The van der Waals surface area contributed by atoms with Crippen molar-refractivity contribution in [2.75, 3.05) is 18.9 Å². The number of thiol groups is 1. The fourth-order valence-corrected chi connectivity index (χ4v) is 2.00. The van der Waals surface area contributed by atoms with Crippen molar-refractivity contribution in [3.8, 4) is 0 Å². The third kappa shape index (κ3) is 6.55. The molecule has 0 radical (unpaired) electrons. The molecule has 0 aliphatic carbocycles. The second-order valence-corrected chi connectivity index (χ2v) is 5.05. The van der Waals surface area contributed by atoms with Crippen LogP contribution in [0.5, 0.6) is 0 Å². The van der Waals surface area contributed by atoms with Gasteiger partial charge >= 0.3 is 11.9 Å². The minimum absolute atomic E-state index is 0.0203. The molecule has 1 fully saturated rings. The van der Waals surface area contributed by atoms with Crippen LogP contribution in [0.1, 0.15) is 12.8 Å². The molecule has 3 amide bonds. The molecule has 0 saturated carbocycles. The lowest BCUT2D eigenvalue weighted by Gasteiger charge is -2.22. The summed E-state index contributed by atoms with van der Waals surface area (Å²) in [5, 5.41) is 15.4. The molecule has 1 heterocycles. The highest BCUT2D eigenvalue weighted by atomic mass is 32.1. The van der Waals surface area contributed by atoms with Crippen molar-refractivity contribution in [3.05, 3.63) is 0 Å². The number of hydrogen-bond acceptors (Lipinski definition) is 7. The van der Waals surface area contributed by atoms with Crippen molar-refractivity contribution in [1.29, 1.82) is 0 Å². The number of morpholine rings is 1. The summed E-state index contributed by atoms with van der Waals surface area (Å²) in [5.41, 5.74) is 0. The van der Waals surface area contributed by atoms with Crippen molar-refractivity contribution in [1.82, 2.24) is 16.0 Å². The Morgan fingerprint density at radius 2 is 2.09 bits per heavy atom. The molecule has 1 unspecified atom stereocenters. The summed E-state index contributed by atoms with van der Waals surface area (Å²) in [7, 11) is 0. The lowest BCUT2D eigenvalue weighted by atomic mass is 10.1. The number of esters is 1. The van der Waals surface area contributed by atoms with Crippen LogP contribution >= 0.6 is 12.6 Å². The van der Waals surface area contributed by atoms with Gasteiger partial charge in [0.05, 0.1) is 0 Å². The molecule has 1 rings (SSSR count). The molecule has 0 aromatic carbocycles. The lowest BCUT2D eigenvalue weighted by molar-refractivity contribution is -0.157. The van der Waals surface area contributed by atoms with Crippen LogP contribution in [-0.4, -0.2) is 65.8 Å². The van der Waals surface area contributed by atoms with E-state index in [1.54, 1.807) is 0 Å². The molecule has 23 heavy (non-hydrogen) atoms. The van der Waals surface area contributed by atoms with Crippen molar-refractivity contribution >= 4 is 42.3 Å². The topological polar surface area (TPSA) is 151 Å². The van der Waals surface area contributed by atoms with Crippen LogP contribution in [-0.2, 0) is 28.7 Å². The number of cyclic esters (lactones) is 1. The summed E-state index contributed by atoms with van der Waals surface area (Å²) >= 11 is 3.92. The van der Waals surface area contributed by atoms with Gasteiger partial charge in [-0.2, -0.15) is 12.6 Å². The van der Waals surface area contributed by atoms with Gasteiger partial charge in [-0.3, -0.25) is 19.2 Å². The Morgan fingerprint density at radius 1 is 1.39 bits per heavy atom. The SMILES string of the molecule is O=C(O)CNC(=O)[C@H](CS)NC(=O)CCC1NC(=O)COC1=O. The first kappa shape index (κ1) is 18.7. The number of aliphatic carboxylic acids is 1. The third-order valence-corrected chi connectivity index (χ3v) is 3.24. The van der Waals surface area contributed by atoms with Gasteiger partial charge in [-0.05, 0) is 6.42 Å². The minimum atomic E-state index is -1.21. The van der Waals surface area contributed by atoms with Crippen LogP contribution in [0.15, 0.2) is 0 Å². The van der Waals surface area contributed by atoms with E-state index in [-0.39, 0.29) is 25.2 Å². The maximum atomic E-state index is 11.8. The highest BCUT2D eigenvalue weighted by Crippen LogP contribution is 2.05. The normalized spacial score (nSPS) is 18.4. The zero-order valence-electron chi connectivity index (χ0n) is 12.0. The zero-order valence-corrected chi connectivity index (χ0v) is 12.9. The standard InChI is InChI=1S/C12H17N3O7S/c16-8(2-1-6-12(21)22-4-9(17)14-6)15-7(5-23)11(20)13-3-10(18)19/h6-7,23H,1-5H2,(H,13,20)(H,14,17)(H,15,16)(H,18,19)/t6?,7-/m0/s1. The zero-order chi connectivity index (χ0) is 17.4. The van der Waals surface area contributed by atoms with E-state index in [1.165, 1.54) is 0 Å². The molecule has 128 valence electrons. The largest absolute Gasteiger partial charge is 0.480 e. The molecule has 4 N–H and O–H groups in total. The van der Waals surface area contributed by atoms with E-state index >= 15 is 0 Å². The molecule has 11 heteroatoms. The summed E-state index contributed by atoms with van der Waals surface area (Å²) in [6.07, 6.45) is -0.108. The van der Waals surface area contributed by atoms with E-state index in [9.17, 15) is 24.0 Å². The molecule has 0 aromatic heterocycles. The van der Waals surface area contributed by atoms with Crippen molar-refractivity contribution in [2.45, 2.75) is 24.9 Å². The molecule has 0 bridgehead atoms. The number of nitrogens with one attached hydrogen (secondary N) is 3. The fraction of sp³-hybridized carbons (Fsp3) is 0.583. The Kier molecular flexibility index (Phi) is 7.32. The smallest absolute Gasteiger partial charge is 0.329 e. The number of carboxylic acid groups (broad SMARTS) is 1. The lowest BCUT2D eigenvalue weighted by Crippen LogP contribution is -2.51. The van der Waals surface area contributed by atoms with Gasteiger partial charge in [-0.15, -0.1) is 0 Å². The first-order chi connectivity index (χ1) is 10.8. The molecular weight excluding hydrogens is 330 g/mol. The molecule has 1 saturated heterocycles. The van der Waals surface area contributed by atoms with E-state index < -0.39 is 48.3 Å². The van der Waals surface area contributed by atoms with Gasteiger partial charge in [-0.25, -0.2) is 4.79 Å². The highest BCUT2D eigenvalue weighted by Gasteiger charge is 2.28.